The normalized spacial score (nSPS) is 18.6. The van der Waals surface area contributed by atoms with Gasteiger partial charge in [-0.1, -0.05) is 6.07 Å². The lowest BCUT2D eigenvalue weighted by molar-refractivity contribution is 0.00578. The van der Waals surface area contributed by atoms with Crippen molar-refractivity contribution in [1.82, 2.24) is 0 Å². The van der Waals surface area contributed by atoms with Gasteiger partial charge in [0.05, 0.1) is 22.5 Å². The van der Waals surface area contributed by atoms with Crippen LogP contribution in [0.4, 0.5) is 10.5 Å². The van der Waals surface area contributed by atoms with Gasteiger partial charge in [0.2, 0.25) is 0 Å². The summed E-state index contributed by atoms with van der Waals surface area (Å²) < 4.78 is 17.3. The van der Waals surface area contributed by atoms with Gasteiger partial charge in [-0.2, -0.15) is 5.26 Å². The predicted molar refractivity (Wildman–Crippen MR) is 96.7 cm³/mol. The summed E-state index contributed by atoms with van der Waals surface area (Å²) in [7, 11) is -0.572. The fourth-order valence-electron chi connectivity index (χ4n) is 2.30. The first-order chi connectivity index (χ1) is 11.3. The van der Waals surface area contributed by atoms with Crippen molar-refractivity contribution in [2.24, 2.45) is 0 Å². The monoisotopic (exact) mass is 344 g/mol. The van der Waals surface area contributed by atoms with Crippen LogP contribution in [-0.2, 0) is 14.0 Å². The van der Waals surface area contributed by atoms with E-state index in [2.05, 4.69) is 11.4 Å². The van der Waals surface area contributed by atoms with E-state index in [1.807, 2.05) is 27.7 Å². The van der Waals surface area contributed by atoms with Crippen LogP contribution in [0.5, 0.6) is 0 Å². The van der Waals surface area contributed by atoms with Crippen LogP contribution >= 0.6 is 0 Å². The maximum absolute atomic E-state index is 12.0. The van der Waals surface area contributed by atoms with Gasteiger partial charge in [0, 0.05) is 0 Å². The summed E-state index contributed by atoms with van der Waals surface area (Å²) in [5.74, 6) is 0. The summed E-state index contributed by atoms with van der Waals surface area (Å²) in [5.41, 5.74) is -0.131. The van der Waals surface area contributed by atoms with Crippen LogP contribution in [0.25, 0.3) is 0 Å². The van der Waals surface area contributed by atoms with E-state index in [1.165, 1.54) is 0 Å². The van der Waals surface area contributed by atoms with Gasteiger partial charge in [0.15, 0.2) is 0 Å². The Hall–Kier alpha value is -2.04. The second-order valence-corrected chi connectivity index (χ2v) is 8.13. The molecule has 1 aliphatic rings. The van der Waals surface area contributed by atoms with Gasteiger partial charge in [-0.05, 0) is 66.1 Å². The molecule has 0 spiro atoms. The molecular formula is C18H25BN2O4. The Morgan fingerprint density at radius 2 is 1.76 bits per heavy atom. The smallest absolute Gasteiger partial charge is 0.444 e. The van der Waals surface area contributed by atoms with E-state index in [1.54, 1.807) is 39.0 Å². The number of ether oxygens (including phenoxy) is 1. The molecule has 25 heavy (non-hydrogen) atoms. The maximum Gasteiger partial charge on any atom is 0.494 e. The molecule has 1 fully saturated rings. The Morgan fingerprint density at radius 3 is 2.24 bits per heavy atom. The number of carbonyl (C=O) groups excluding carboxylic acids is 1. The molecule has 1 aromatic carbocycles. The number of anilines is 1. The zero-order chi connectivity index (χ0) is 19.0. The molecule has 1 N–H and O–H groups in total. The van der Waals surface area contributed by atoms with Gasteiger partial charge in [-0.25, -0.2) is 4.79 Å². The molecule has 1 heterocycles. The van der Waals surface area contributed by atoms with E-state index < -0.39 is 30.0 Å². The molecule has 0 aliphatic carbocycles. The Labute approximate surface area is 149 Å². The predicted octanol–water partition coefficient (Wildman–Crippen LogP) is 3.20. The maximum atomic E-state index is 12.0. The molecule has 0 unspecified atom stereocenters. The minimum absolute atomic E-state index is 0.339. The molecule has 1 aromatic rings. The quantitative estimate of drug-likeness (QED) is 0.834. The summed E-state index contributed by atoms with van der Waals surface area (Å²) in [4.78, 5) is 12.0. The number of nitrogens with zero attached hydrogens (tertiary/aromatic N) is 1. The highest BCUT2D eigenvalue weighted by molar-refractivity contribution is 6.62. The van der Waals surface area contributed by atoms with E-state index in [0.717, 1.165) is 5.46 Å². The molecule has 1 amide bonds. The molecule has 2 rings (SSSR count). The second kappa shape index (κ2) is 6.36. The number of nitriles is 1. The van der Waals surface area contributed by atoms with Crippen molar-refractivity contribution >= 4 is 24.4 Å². The Balaban J connectivity index is 2.26. The van der Waals surface area contributed by atoms with Crippen LogP contribution in [0.2, 0.25) is 0 Å². The summed E-state index contributed by atoms with van der Waals surface area (Å²) in [6.07, 6.45) is -0.616. The van der Waals surface area contributed by atoms with Gasteiger partial charge < -0.3 is 14.0 Å². The molecule has 0 saturated carbocycles. The molecule has 1 saturated heterocycles. The van der Waals surface area contributed by atoms with E-state index in [0.29, 0.717) is 11.3 Å². The molecule has 0 bridgehead atoms. The van der Waals surface area contributed by atoms with Crippen molar-refractivity contribution < 1.29 is 18.8 Å². The van der Waals surface area contributed by atoms with Crippen LogP contribution in [0, 0.1) is 11.3 Å². The van der Waals surface area contributed by atoms with Crippen LogP contribution in [0.1, 0.15) is 54.0 Å². The minimum Gasteiger partial charge on any atom is -0.444 e. The number of hydrogen-bond acceptors (Lipinski definition) is 5. The largest absolute Gasteiger partial charge is 0.494 e. The molecule has 7 heteroatoms. The first-order valence-corrected chi connectivity index (χ1v) is 8.24. The van der Waals surface area contributed by atoms with Gasteiger partial charge in [-0.3, -0.25) is 5.32 Å². The van der Waals surface area contributed by atoms with Crippen molar-refractivity contribution in [3.8, 4) is 6.07 Å². The average Bonchev–Trinajstić information content (AvgIpc) is 2.65. The summed E-state index contributed by atoms with van der Waals surface area (Å²) in [6.45, 7) is 13.2. The lowest BCUT2D eigenvalue weighted by Gasteiger charge is -2.32. The number of amides is 1. The van der Waals surface area contributed by atoms with E-state index in [4.69, 9.17) is 14.0 Å². The average molecular weight is 344 g/mol. The van der Waals surface area contributed by atoms with Gasteiger partial charge in [-0.15, -0.1) is 0 Å². The first kappa shape index (κ1) is 19.3. The Morgan fingerprint density at radius 1 is 1.20 bits per heavy atom. The minimum atomic E-state index is -0.625. The number of rotatable bonds is 2. The number of hydrogen-bond donors (Lipinski definition) is 1. The third-order valence-corrected chi connectivity index (χ3v) is 4.33. The Kier molecular flexibility index (Phi) is 4.91. The highest BCUT2D eigenvalue weighted by Gasteiger charge is 2.51. The van der Waals surface area contributed by atoms with Gasteiger partial charge in [0.25, 0.3) is 0 Å². The van der Waals surface area contributed by atoms with Crippen molar-refractivity contribution in [3.63, 3.8) is 0 Å². The van der Waals surface area contributed by atoms with E-state index in [9.17, 15) is 10.1 Å². The molecule has 1 aliphatic heterocycles. The second-order valence-electron chi connectivity index (χ2n) is 8.13. The molecule has 134 valence electrons. The fraction of sp³-hybridized carbons (Fsp3) is 0.556. The van der Waals surface area contributed by atoms with Crippen LogP contribution in [0.3, 0.4) is 0 Å². The summed E-state index contributed by atoms with van der Waals surface area (Å²) in [6, 6.07) is 7.14. The Bertz CT molecular complexity index is 701. The number of nitrogens with one attached hydrogen (secondary N) is 1. The van der Waals surface area contributed by atoms with E-state index in [-0.39, 0.29) is 0 Å². The highest BCUT2D eigenvalue weighted by atomic mass is 16.7. The topological polar surface area (TPSA) is 80.6 Å². The van der Waals surface area contributed by atoms with Crippen molar-refractivity contribution in [2.75, 3.05) is 5.32 Å². The van der Waals surface area contributed by atoms with Crippen molar-refractivity contribution in [2.45, 2.75) is 65.3 Å². The zero-order valence-corrected chi connectivity index (χ0v) is 15.9. The SMILES string of the molecule is CC(C)(C)OC(=O)Nc1cc(B2OC(C)(C)C(C)(C)O2)ccc1C#N. The number of carbonyl (C=O) groups is 1. The molecule has 0 atom stereocenters. The molecular weight excluding hydrogens is 319 g/mol. The molecule has 0 aromatic heterocycles. The zero-order valence-electron chi connectivity index (χ0n) is 15.9. The standard InChI is InChI=1S/C18H25BN2O4/c1-16(2,3)23-15(22)21-14-10-13(9-8-12(14)11-20)19-24-17(4,5)18(6,7)25-19/h8-10H,1-7H3,(H,21,22). The van der Waals surface area contributed by atoms with E-state index >= 15 is 0 Å². The van der Waals surface area contributed by atoms with Crippen LogP contribution in [-0.4, -0.2) is 30.0 Å². The summed E-state index contributed by atoms with van der Waals surface area (Å²) in [5, 5.41) is 11.9. The molecule has 0 radical (unpaired) electrons. The van der Waals surface area contributed by atoms with Gasteiger partial charge >= 0.3 is 13.2 Å². The fourth-order valence-corrected chi connectivity index (χ4v) is 2.30. The lowest BCUT2D eigenvalue weighted by atomic mass is 9.78. The first-order valence-electron chi connectivity index (χ1n) is 8.24. The lowest BCUT2D eigenvalue weighted by Crippen LogP contribution is -2.41. The summed E-state index contributed by atoms with van der Waals surface area (Å²) >= 11 is 0. The third-order valence-electron chi connectivity index (χ3n) is 4.33. The molecule has 6 nitrogen and oxygen atoms in total. The van der Waals surface area contributed by atoms with Crippen LogP contribution < -0.4 is 10.8 Å². The third kappa shape index (κ3) is 4.33. The van der Waals surface area contributed by atoms with Crippen molar-refractivity contribution in [3.05, 3.63) is 23.8 Å². The highest BCUT2D eigenvalue weighted by Crippen LogP contribution is 2.36. The van der Waals surface area contributed by atoms with Crippen molar-refractivity contribution in [1.29, 1.82) is 5.26 Å². The van der Waals surface area contributed by atoms with Gasteiger partial charge in [0.1, 0.15) is 11.7 Å². The van der Waals surface area contributed by atoms with Crippen LogP contribution in [0.15, 0.2) is 18.2 Å². The number of benzene rings is 1.